The third-order valence-electron chi connectivity index (χ3n) is 4.81. The Morgan fingerprint density at radius 2 is 1.64 bits per heavy atom. The van der Waals surface area contributed by atoms with E-state index in [1.54, 1.807) is 0 Å². The standard InChI is InChI=1S/C17H27N3O2/c21-17(14-20-9-11-22-12-10-20)13-19-7-3-16(4-8-19)15-1-5-18-6-2-15/h1-2,5-6,16-17,21H,3-4,7-14H2. The number of ether oxygens (including phenoxy) is 1. The summed E-state index contributed by atoms with van der Waals surface area (Å²) >= 11 is 0. The van der Waals surface area contributed by atoms with Gasteiger partial charge in [0, 0.05) is 38.6 Å². The number of aliphatic hydroxyl groups excluding tert-OH is 1. The van der Waals surface area contributed by atoms with Crippen LogP contribution in [0.1, 0.15) is 24.3 Å². The lowest BCUT2D eigenvalue weighted by Crippen LogP contribution is -2.46. The topological polar surface area (TPSA) is 48.8 Å². The Morgan fingerprint density at radius 3 is 2.27 bits per heavy atom. The fraction of sp³-hybridized carbons (Fsp3) is 0.706. The third-order valence-corrected chi connectivity index (χ3v) is 4.81. The van der Waals surface area contributed by atoms with Gasteiger partial charge in [0.1, 0.15) is 0 Å². The monoisotopic (exact) mass is 305 g/mol. The van der Waals surface area contributed by atoms with Crippen LogP contribution in [-0.4, -0.2) is 78.5 Å². The van der Waals surface area contributed by atoms with E-state index in [1.165, 1.54) is 18.4 Å². The van der Waals surface area contributed by atoms with Crippen molar-refractivity contribution in [3.63, 3.8) is 0 Å². The van der Waals surface area contributed by atoms with E-state index in [2.05, 4.69) is 26.9 Å². The van der Waals surface area contributed by atoms with Crippen LogP contribution < -0.4 is 0 Å². The second kappa shape index (κ2) is 8.02. The first-order chi connectivity index (χ1) is 10.8. The van der Waals surface area contributed by atoms with Gasteiger partial charge in [0.25, 0.3) is 0 Å². The number of hydrogen-bond acceptors (Lipinski definition) is 5. The molecule has 1 unspecified atom stereocenters. The zero-order chi connectivity index (χ0) is 15.2. The zero-order valence-electron chi connectivity index (χ0n) is 13.2. The molecular weight excluding hydrogens is 278 g/mol. The molecule has 2 fully saturated rings. The van der Waals surface area contributed by atoms with E-state index in [4.69, 9.17) is 4.74 Å². The Hall–Kier alpha value is -1.01. The molecule has 0 aliphatic carbocycles. The number of rotatable bonds is 5. The smallest absolute Gasteiger partial charge is 0.0793 e. The van der Waals surface area contributed by atoms with Crippen molar-refractivity contribution in [1.29, 1.82) is 0 Å². The second-order valence-corrected chi connectivity index (χ2v) is 6.42. The quantitative estimate of drug-likeness (QED) is 0.878. The summed E-state index contributed by atoms with van der Waals surface area (Å²) < 4.78 is 5.35. The molecule has 0 spiro atoms. The summed E-state index contributed by atoms with van der Waals surface area (Å²) in [6, 6.07) is 4.27. The summed E-state index contributed by atoms with van der Waals surface area (Å²) in [5.41, 5.74) is 1.41. The van der Waals surface area contributed by atoms with Crippen LogP contribution in [0.2, 0.25) is 0 Å². The predicted molar refractivity (Wildman–Crippen MR) is 85.9 cm³/mol. The van der Waals surface area contributed by atoms with Crippen LogP contribution in [0.4, 0.5) is 0 Å². The summed E-state index contributed by atoms with van der Waals surface area (Å²) in [5.74, 6) is 0.649. The van der Waals surface area contributed by atoms with Gasteiger partial charge in [-0.3, -0.25) is 9.88 Å². The molecule has 22 heavy (non-hydrogen) atoms. The van der Waals surface area contributed by atoms with Gasteiger partial charge in [-0.15, -0.1) is 0 Å². The molecule has 0 bridgehead atoms. The van der Waals surface area contributed by atoms with Crippen LogP contribution >= 0.6 is 0 Å². The SMILES string of the molecule is OC(CN1CCOCC1)CN1CCC(c2ccncc2)CC1. The molecule has 5 nitrogen and oxygen atoms in total. The minimum absolute atomic E-state index is 0.254. The van der Waals surface area contributed by atoms with Crippen molar-refractivity contribution in [3.05, 3.63) is 30.1 Å². The molecule has 0 saturated carbocycles. The van der Waals surface area contributed by atoms with Crippen molar-refractivity contribution < 1.29 is 9.84 Å². The summed E-state index contributed by atoms with van der Waals surface area (Å²) in [4.78, 5) is 8.80. The first-order valence-corrected chi connectivity index (χ1v) is 8.41. The molecule has 2 aliphatic heterocycles. The first-order valence-electron chi connectivity index (χ1n) is 8.41. The van der Waals surface area contributed by atoms with Gasteiger partial charge in [0.15, 0.2) is 0 Å². The molecule has 2 aliphatic rings. The van der Waals surface area contributed by atoms with E-state index >= 15 is 0 Å². The number of nitrogens with zero attached hydrogens (tertiary/aromatic N) is 3. The van der Waals surface area contributed by atoms with Gasteiger partial charge in [0.05, 0.1) is 19.3 Å². The van der Waals surface area contributed by atoms with Crippen LogP contribution in [0, 0.1) is 0 Å². The Morgan fingerprint density at radius 1 is 1.05 bits per heavy atom. The lowest BCUT2D eigenvalue weighted by atomic mass is 9.90. The average Bonchev–Trinajstić information content (AvgIpc) is 2.57. The van der Waals surface area contributed by atoms with Gasteiger partial charge >= 0.3 is 0 Å². The number of likely N-dealkylation sites (tertiary alicyclic amines) is 1. The van der Waals surface area contributed by atoms with Crippen LogP contribution in [-0.2, 0) is 4.74 Å². The highest BCUT2D eigenvalue weighted by atomic mass is 16.5. The molecular formula is C17H27N3O2. The largest absolute Gasteiger partial charge is 0.390 e. The Kier molecular flexibility index (Phi) is 5.78. The fourth-order valence-electron chi connectivity index (χ4n) is 3.52. The number of morpholine rings is 1. The molecule has 1 aromatic heterocycles. The van der Waals surface area contributed by atoms with Crippen molar-refractivity contribution in [2.75, 3.05) is 52.5 Å². The highest BCUT2D eigenvalue weighted by Gasteiger charge is 2.23. The average molecular weight is 305 g/mol. The highest BCUT2D eigenvalue weighted by molar-refractivity contribution is 5.16. The fourth-order valence-corrected chi connectivity index (χ4v) is 3.52. The third kappa shape index (κ3) is 4.49. The van der Waals surface area contributed by atoms with E-state index in [9.17, 15) is 5.11 Å². The number of aliphatic hydroxyl groups is 1. The number of β-amino-alcohol motifs (C(OH)–C–C–N with tert-alkyl or cyclic N) is 1. The van der Waals surface area contributed by atoms with Gasteiger partial charge in [-0.25, -0.2) is 0 Å². The molecule has 3 heterocycles. The molecule has 122 valence electrons. The van der Waals surface area contributed by atoms with Gasteiger partial charge in [0.2, 0.25) is 0 Å². The molecule has 5 heteroatoms. The summed E-state index contributed by atoms with van der Waals surface area (Å²) in [5, 5.41) is 10.3. The van der Waals surface area contributed by atoms with Crippen molar-refractivity contribution in [1.82, 2.24) is 14.8 Å². The molecule has 3 rings (SSSR count). The van der Waals surface area contributed by atoms with Crippen LogP contribution in [0.25, 0.3) is 0 Å². The van der Waals surface area contributed by atoms with Gasteiger partial charge in [-0.05, 0) is 49.5 Å². The maximum absolute atomic E-state index is 10.3. The predicted octanol–water partition coefficient (Wildman–Crippen LogP) is 0.954. The maximum atomic E-state index is 10.3. The summed E-state index contributed by atoms with van der Waals surface area (Å²) in [6.45, 7) is 7.20. The number of pyridine rings is 1. The van der Waals surface area contributed by atoms with E-state index in [0.717, 1.165) is 52.5 Å². The Bertz CT molecular complexity index is 429. The Labute approximate surface area is 132 Å². The summed E-state index contributed by atoms with van der Waals surface area (Å²) in [7, 11) is 0. The molecule has 1 atom stereocenters. The lowest BCUT2D eigenvalue weighted by Gasteiger charge is -2.35. The zero-order valence-corrected chi connectivity index (χ0v) is 13.2. The number of hydrogen-bond donors (Lipinski definition) is 1. The number of piperidine rings is 1. The Balaban J connectivity index is 1.39. The molecule has 0 aromatic carbocycles. The van der Waals surface area contributed by atoms with Gasteiger partial charge in [-0.1, -0.05) is 0 Å². The highest BCUT2D eigenvalue weighted by Crippen LogP contribution is 2.27. The minimum atomic E-state index is -0.254. The van der Waals surface area contributed by atoms with E-state index in [-0.39, 0.29) is 6.10 Å². The first kappa shape index (κ1) is 15.9. The summed E-state index contributed by atoms with van der Waals surface area (Å²) in [6.07, 6.45) is 5.86. The van der Waals surface area contributed by atoms with Gasteiger partial charge in [-0.2, -0.15) is 0 Å². The van der Waals surface area contributed by atoms with Crippen LogP contribution in [0.15, 0.2) is 24.5 Å². The molecule has 0 amide bonds. The van der Waals surface area contributed by atoms with Crippen LogP contribution in [0.5, 0.6) is 0 Å². The van der Waals surface area contributed by atoms with Crippen molar-refractivity contribution >= 4 is 0 Å². The normalized spacial score (nSPS) is 23.5. The lowest BCUT2D eigenvalue weighted by molar-refractivity contribution is 0.00509. The van der Waals surface area contributed by atoms with E-state index in [0.29, 0.717) is 5.92 Å². The molecule has 1 N–H and O–H groups in total. The molecule has 1 aromatic rings. The second-order valence-electron chi connectivity index (χ2n) is 6.42. The van der Waals surface area contributed by atoms with Crippen molar-refractivity contribution in [2.45, 2.75) is 24.9 Å². The van der Waals surface area contributed by atoms with Crippen molar-refractivity contribution in [3.8, 4) is 0 Å². The van der Waals surface area contributed by atoms with Crippen LogP contribution in [0.3, 0.4) is 0 Å². The van der Waals surface area contributed by atoms with Crippen molar-refractivity contribution in [2.24, 2.45) is 0 Å². The van der Waals surface area contributed by atoms with E-state index < -0.39 is 0 Å². The maximum Gasteiger partial charge on any atom is 0.0793 e. The van der Waals surface area contributed by atoms with E-state index in [1.807, 2.05) is 12.4 Å². The minimum Gasteiger partial charge on any atom is -0.390 e. The molecule has 2 saturated heterocycles. The van der Waals surface area contributed by atoms with Gasteiger partial charge < -0.3 is 14.7 Å². The number of aromatic nitrogens is 1. The molecule has 0 radical (unpaired) electrons.